The first-order chi connectivity index (χ1) is 15.4. The number of carbonyl (C=O) groups excluding carboxylic acids is 1. The number of benzene rings is 1. The van der Waals surface area contributed by atoms with Crippen molar-refractivity contribution in [2.24, 2.45) is 11.8 Å². The molecule has 2 unspecified atom stereocenters. The number of nitrogens with one attached hydrogen (secondary N) is 2. The number of ether oxygens (including phenoxy) is 1. The van der Waals surface area contributed by atoms with Gasteiger partial charge in [-0.3, -0.25) is 4.79 Å². The van der Waals surface area contributed by atoms with Crippen LogP contribution in [0.25, 0.3) is 22.2 Å². The molecule has 166 valence electrons. The first kappa shape index (κ1) is 21.6. The van der Waals surface area contributed by atoms with Gasteiger partial charge in [-0.1, -0.05) is 69.3 Å². The Kier molecular flexibility index (Phi) is 6.25. The Balaban J connectivity index is 1.60. The van der Waals surface area contributed by atoms with Gasteiger partial charge >= 0.3 is 6.09 Å². The van der Waals surface area contributed by atoms with Crippen molar-refractivity contribution in [1.29, 1.82) is 0 Å². The van der Waals surface area contributed by atoms with E-state index in [1.165, 1.54) is 6.33 Å². The molecular formula is C25H28N4O3. The smallest absolute Gasteiger partial charge is 0.407 e. The summed E-state index contributed by atoms with van der Waals surface area (Å²) in [6, 6.07) is 7.89. The van der Waals surface area contributed by atoms with E-state index in [0.29, 0.717) is 30.1 Å². The number of nitrogens with zero attached hydrogens (tertiary/aromatic N) is 2. The summed E-state index contributed by atoms with van der Waals surface area (Å²) in [6.07, 6.45) is 11.4. The van der Waals surface area contributed by atoms with E-state index < -0.39 is 6.09 Å². The molecule has 0 saturated heterocycles. The van der Waals surface area contributed by atoms with Crippen molar-refractivity contribution in [1.82, 2.24) is 19.9 Å². The van der Waals surface area contributed by atoms with Crippen LogP contribution in [0.5, 0.6) is 0 Å². The van der Waals surface area contributed by atoms with E-state index in [1.807, 2.05) is 56.5 Å². The van der Waals surface area contributed by atoms with Crippen LogP contribution >= 0.6 is 0 Å². The summed E-state index contributed by atoms with van der Waals surface area (Å²) in [6.45, 7) is 6.90. The molecule has 1 aliphatic carbocycles. The molecule has 7 nitrogen and oxygen atoms in total. The Labute approximate surface area is 186 Å². The van der Waals surface area contributed by atoms with Gasteiger partial charge < -0.3 is 19.6 Å². The second-order valence-corrected chi connectivity index (χ2v) is 8.54. The minimum Gasteiger partial charge on any atom is -0.449 e. The number of rotatable bonds is 6. The first-order valence-corrected chi connectivity index (χ1v) is 10.9. The molecule has 2 atom stereocenters. The average Bonchev–Trinajstić information content (AvgIpc) is 3.18. The third-order valence-electron chi connectivity index (χ3n) is 5.56. The average molecular weight is 433 g/mol. The van der Waals surface area contributed by atoms with Crippen LogP contribution in [0.15, 0.2) is 65.9 Å². The van der Waals surface area contributed by atoms with Crippen molar-refractivity contribution in [3.8, 4) is 11.1 Å². The van der Waals surface area contributed by atoms with E-state index in [1.54, 1.807) is 0 Å². The van der Waals surface area contributed by atoms with Crippen LogP contribution in [0, 0.1) is 11.8 Å². The molecule has 1 amide bonds. The second kappa shape index (κ2) is 9.26. The number of H-pyrrole nitrogens is 1. The standard InChI is InChI=1S/C25H28N4O3/c1-16(2)14-32-25(31)26-12-18-8-10-19(11-9-18)20-13-29(21-7-5-4-6-17(21)3)23-22(20)24(30)28-15-27-23/h4-11,13,15-17,21H,12,14H2,1-3H3,(H,26,31)(H,27,28,30). The normalized spacial score (nSPS) is 17.8. The lowest BCUT2D eigenvalue weighted by Crippen LogP contribution is -2.25. The molecule has 0 radical (unpaired) electrons. The van der Waals surface area contributed by atoms with Gasteiger partial charge in [-0.25, -0.2) is 9.78 Å². The zero-order valence-electron chi connectivity index (χ0n) is 18.5. The summed E-state index contributed by atoms with van der Waals surface area (Å²) in [5.74, 6) is 0.580. The van der Waals surface area contributed by atoms with E-state index >= 15 is 0 Å². The van der Waals surface area contributed by atoms with Crippen LogP contribution in [-0.2, 0) is 11.3 Å². The summed E-state index contributed by atoms with van der Waals surface area (Å²) in [7, 11) is 0. The Morgan fingerprint density at radius 3 is 2.69 bits per heavy atom. The molecule has 0 fully saturated rings. The molecule has 0 bridgehead atoms. The summed E-state index contributed by atoms with van der Waals surface area (Å²) in [5.41, 5.74) is 3.20. The molecule has 3 aromatic rings. The topological polar surface area (TPSA) is 89.0 Å². The fourth-order valence-electron chi connectivity index (χ4n) is 3.86. The lowest BCUT2D eigenvalue weighted by molar-refractivity contribution is 0.132. The van der Waals surface area contributed by atoms with Crippen LogP contribution < -0.4 is 10.9 Å². The molecule has 2 aromatic heterocycles. The number of alkyl carbamates (subject to hydrolysis) is 1. The highest BCUT2D eigenvalue weighted by atomic mass is 16.5. The fourth-order valence-corrected chi connectivity index (χ4v) is 3.86. The highest BCUT2D eigenvalue weighted by Crippen LogP contribution is 2.33. The number of allylic oxidation sites excluding steroid dienone is 4. The number of amides is 1. The van der Waals surface area contributed by atoms with Crippen LogP contribution in [0.1, 0.15) is 32.4 Å². The van der Waals surface area contributed by atoms with Gasteiger partial charge in [-0.2, -0.15) is 0 Å². The van der Waals surface area contributed by atoms with E-state index in [-0.39, 0.29) is 17.5 Å². The monoisotopic (exact) mass is 432 g/mol. The number of aromatic amines is 1. The number of fused-ring (bicyclic) bond motifs is 1. The molecule has 2 N–H and O–H groups in total. The molecule has 32 heavy (non-hydrogen) atoms. The SMILES string of the molecule is CC(C)COC(=O)NCc1ccc(-c2cn(C3C=CC=CC3C)c3nc[nH]c(=O)c23)cc1. The van der Waals surface area contributed by atoms with Gasteiger partial charge in [0.1, 0.15) is 5.65 Å². The lowest BCUT2D eigenvalue weighted by atomic mass is 9.97. The highest BCUT2D eigenvalue weighted by Gasteiger charge is 2.22. The molecule has 0 saturated carbocycles. The largest absolute Gasteiger partial charge is 0.449 e. The van der Waals surface area contributed by atoms with Crippen molar-refractivity contribution >= 4 is 17.1 Å². The molecule has 4 rings (SSSR count). The summed E-state index contributed by atoms with van der Waals surface area (Å²) >= 11 is 0. The maximum atomic E-state index is 12.7. The van der Waals surface area contributed by atoms with Crippen LogP contribution in [0.4, 0.5) is 4.79 Å². The summed E-state index contributed by atoms with van der Waals surface area (Å²) in [4.78, 5) is 31.7. The Bertz CT molecular complexity index is 1220. The van der Waals surface area contributed by atoms with Crippen molar-refractivity contribution in [3.63, 3.8) is 0 Å². The Morgan fingerprint density at radius 1 is 1.22 bits per heavy atom. The lowest BCUT2D eigenvalue weighted by Gasteiger charge is -2.22. The van der Waals surface area contributed by atoms with E-state index in [9.17, 15) is 9.59 Å². The predicted octanol–water partition coefficient (Wildman–Crippen LogP) is 4.58. The number of carbonyl (C=O) groups is 1. The fraction of sp³-hybridized carbons (Fsp3) is 0.320. The quantitative estimate of drug-likeness (QED) is 0.597. The maximum Gasteiger partial charge on any atom is 0.407 e. The van der Waals surface area contributed by atoms with Crippen LogP contribution in [-0.4, -0.2) is 27.2 Å². The minimum atomic E-state index is -0.424. The number of hydrogen-bond acceptors (Lipinski definition) is 4. The van der Waals surface area contributed by atoms with Gasteiger partial charge in [-0.05, 0) is 23.0 Å². The molecule has 7 heteroatoms. The van der Waals surface area contributed by atoms with E-state index in [2.05, 4.69) is 38.9 Å². The van der Waals surface area contributed by atoms with Gasteiger partial charge in [0.2, 0.25) is 0 Å². The number of aromatic nitrogens is 3. The first-order valence-electron chi connectivity index (χ1n) is 10.9. The van der Waals surface area contributed by atoms with Crippen molar-refractivity contribution in [2.45, 2.75) is 33.4 Å². The molecular weight excluding hydrogens is 404 g/mol. The third-order valence-corrected chi connectivity index (χ3v) is 5.56. The van der Waals surface area contributed by atoms with Gasteiger partial charge in [0, 0.05) is 18.3 Å². The zero-order valence-corrected chi connectivity index (χ0v) is 18.5. The molecule has 2 heterocycles. The van der Waals surface area contributed by atoms with E-state index in [4.69, 9.17) is 4.74 Å². The minimum absolute atomic E-state index is 0.0888. The summed E-state index contributed by atoms with van der Waals surface area (Å²) in [5, 5.41) is 3.33. The van der Waals surface area contributed by atoms with Crippen molar-refractivity contribution in [3.05, 3.63) is 77.0 Å². The van der Waals surface area contributed by atoms with Crippen LogP contribution in [0.3, 0.4) is 0 Å². The van der Waals surface area contributed by atoms with Gasteiger partial charge in [0.25, 0.3) is 5.56 Å². The third kappa shape index (κ3) is 4.51. The van der Waals surface area contributed by atoms with Gasteiger partial charge in [-0.15, -0.1) is 0 Å². The van der Waals surface area contributed by atoms with E-state index in [0.717, 1.165) is 16.7 Å². The molecule has 1 aromatic carbocycles. The van der Waals surface area contributed by atoms with Gasteiger partial charge in [0.15, 0.2) is 0 Å². The Morgan fingerprint density at radius 2 is 1.97 bits per heavy atom. The second-order valence-electron chi connectivity index (χ2n) is 8.54. The molecule has 0 spiro atoms. The van der Waals surface area contributed by atoms with Gasteiger partial charge in [0.05, 0.1) is 24.4 Å². The molecule has 1 aliphatic rings. The predicted molar refractivity (Wildman–Crippen MR) is 125 cm³/mol. The zero-order chi connectivity index (χ0) is 22.7. The number of hydrogen-bond donors (Lipinski definition) is 2. The molecule has 0 aliphatic heterocycles. The van der Waals surface area contributed by atoms with Crippen molar-refractivity contribution < 1.29 is 9.53 Å². The highest BCUT2D eigenvalue weighted by molar-refractivity contribution is 5.93. The maximum absolute atomic E-state index is 12.7. The summed E-state index contributed by atoms with van der Waals surface area (Å²) < 4.78 is 7.21. The Hall–Kier alpha value is -3.61. The van der Waals surface area contributed by atoms with Crippen LogP contribution in [0.2, 0.25) is 0 Å². The van der Waals surface area contributed by atoms with Crippen molar-refractivity contribution in [2.75, 3.05) is 6.61 Å².